The van der Waals surface area contributed by atoms with Gasteiger partial charge in [-0.2, -0.15) is 0 Å². The van der Waals surface area contributed by atoms with E-state index in [1.54, 1.807) is 6.07 Å². The topological polar surface area (TPSA) is 68.3 Å². The Labute approximate surface area is 128 Å². The summed E-state index contributed by atoms with van der Waals surface area (Å²) in [6.45, 7) is 8.45. The van der Waals surface area contributed by atoms with E-state index in [0.29, 0.717) is 12.2 Å². The predicted molar refractivity (Wildman–Crippen MR) is 82.5 cm³/mol. The average Bonchev–Trinajstić information content (AvgIpc) is 2.68. The minimum atomic E-state index is -0.499. The number of nitrogens with two attached hydrogens (primary N) is 1. The second-order valence-corrected chi connectivity index (χ2v) is 6.51. The number of hydrogen-bond acceptors (Lipinski definition) is 2. The fourth-order valence-corrected chi connectivity index (χ4v) is 2.49. The van der Waals surface area contributed by atoms with Crippen LogP contribution < -0.4 is 5.73 Å². The van der Waals surface area contributed by atoms with Crippen LogP contribution in [0.5, 0.6) is 0 Å². The molecule has 0 radical (unpaired) electrons. The van der Waals surface area contributed by atoms with Gasteiger partial charge in [-0.15, -0.1) is 0 Å². The largest absolute Gasteiger partial charge is 0.368 e. The Bertz CT molecular complexity index is 495. The molecule has 1 rings (SSSR count). The lowest BCUT2D eigenvalue weighted by atomic mass is 10.2. The molecule has 5 nitrogen and oxygen atoms in total. The number of amides is 2. The van der Waals surface area contributed by atoms with Gasteiger partial charge in [0.1, 0.15) is 5.69 Å². The highest BCUT2D eigenvalue weighted by Gasteiger charge is 2.23. The maximum atomic E-state index is 12.6. The van der Waals surface area contributed by atoms with Gasteiger partial charge in [0.2, 0.25) is 5.91 Å². The third-order valence-electron chi connectivity index (χ3n) is 2.81. The highest BCUT2D eigenvalue weighted by atomic mass is 79.9. The summed E-state index contributed by atoms with van der Waals surface area (Å²) in [6.07, 6.45) is 1.87. The molecular formula is C14H22BrN3O2. The van der Waals surface area contributed by atoms with Crippen molar-refractivity contribution in [2.75, 3.05) is 13.1 Å². The number of aromatic nitrogens is 1. The van der Waals surface area contributed by atoms with Crippen molar-refractivity contribution in [3.8, 4) is 0 Å². The van der Waals surface area contributed by atoms with E-state index in [2.05, 4.69) is 15.9 Å². The molecule has 6 heteroatoms. The Morgan fingerprint density at radius 1 is 1.35 bits per heavy atom. The van der Waals surface area contributed by atoms with E-state index in [1.165, 1.54) is 4.90 Å². The molecule has 0 spiro atoms. The first-order valence-corrected chi connectivity index (χ1v) is 7.46. The van der Waals surface area contributed by atoms with Crippen LogP contribution in [0.15, 0.2) is 16.7 Å². The predicted octanol–water partition coefficient (Wildman–Crippen LogP) is 2.42. The Balaban J connectivity index is 3.08. The third kappa shape index (κ3) is 4.37. The zero-order valence-corrected chi connectivity index (χ0v) is 14.0. The molecule has 0 saturated carbocycles. The lowest BCUT2D eigenvalue weighted by molar-refractivity contribution is -0.118. The molecule has 1 aromatic rings. The summed E-state index contributed by atoms with van der Waals surface area (Å²) < 4.78 is 2.74. The van der Waals surface area contributed by atoms with Crippen LogP contribution in [0.2, 0.25) is 0 Å². The number of carbonyl (C=O) groups is 2. The van der Waals surface area contributed by atoms with E-state index in [0.717, 1.165) is 4.47 Å². The van der Waals surface area contributed by atoms with E-state index in [9.17, 15) is 9.59 Å². The van der Waals surface area contributed by atoms with Crippen molar-refractivity contribution in [2.24, 2.45) is 11.7 Å². The van der Waals surface area contributed by atoms with Gasteiger partial charge in [0.25, 0.3) is 5.91 Å². The number of nitrogens with zero attached hydrogens (tertiary/aromatic N) is 2. The van der Waals surface area contributed by atoms with Crippen LogP contribution in [0.1, 0.15) is 44.2 Å². The highest BCUT2D eigenvalue weighted by Crippen LogP contribution is 2.21. The summed E-state index contributed by atoms with van der Waals surface area (Å²) in [4.78, 5) is 25.3. The highest BCUT2D eigenvalue weighted by molar-refractivity contribution is 9.10. The van der Waals surface area contributed by atoms with Crippen LogP contribution in [0.3, 0.4) is 0 Å². The first-order valence-electron chi connectivity index (χ1n) is 6.67. The number of halogens is 1. The minimum Gasteiger partial charge on any atom is -0.368 e. The number of primary amides is 1. The molecule has 0 bridgehead atoms. The fourth-order valence-electron chi connectivity index (χ4n) is 2.05. The Morgan fingerprint density at radius 3 is 2.40 bits per heavy atom. The monoisotopic (exact) mass is 343 g/mol. The zero-order valence-electron chi connectivity index (χ0n) is 12.4. The van der Waals surface area contributed by atoms with Gasteiger partial charge in [0.05, 0.1) is 6.54 Å². The van der Waals surface area contributed by atoms with Gasteiger partial charge < -0.3 is 15.2 Å². The molecule has 0 unspecified atom stereocenters. The van der Waals surface area contributed by atoms with Gasteiger partial charge in [-0.05, 0) is 41.8 Å². The molecule has 112 valence electrons. The summed E-state index contributed by atoms with van der Waals surface area (Å²) in [7, 11) is 0. The van der Waals surface area contributed by atoms with Gasteiger partial charge in [-0.3, -0.25) is 9.59 Å². The van der Waals surface area contributed by atoms with E-state index in [4.69, 9.17) is 5.73 Å². The van der Waals surface area contributed by atoms with Crippen molar-refractivity contribution in [1.29, 1.82) is 0 Å². The molecular weight excluding hydrogens is 322 g/mol. The molecule has 0 aliphatic carbocycles. The molecule has 0 saturated heterocycles. The number of rotatable bonds is 6. The number of carbonyl (C=O) groups excluding carboxylic acids is 2. The standard InChI is InChI=1S/C14H22BrN3O2/c1-9(2)6-17(8-13(16)19)14(20)12-5-11(15)7-18(12)10(3)4/h5,7,9-10H,6,8H2,1-4H3,(H2,16,19). The van der Waals surface area contributed by atoms with Crippen molar-refractivity contribution in [3.63, 3.8) is 0 Å². The molecule has 0 aromatic carbocycles. The van der Waals surface area contributed by atoms with Crippen molar-refractivity contribution in [1.82, 2.24) is 9.47 Å². The molecule has 0 aliphatic heterocycles. The van der Waals surface area contributed by atoms with Crippen LogP contribution in [-0.4, -0.2) is 34.4 Å². The van der Waals surface area contributed by atoms with Gasteiger partial charge >= 0.3 is 0 Å². The van der Waals surface area contributed by atoms with E-state index < -0.39 is 5.91 Å². The quantitative estimate of drug-likeness (QED) is 0.861. The smallest absolute Gasteiger partial charge is 0.271 e. The van der Waals surface area contributed by atoms with Gasteiger partial charge in [-0.1, -0.05) is 13.8 Å². The second-order valence-electron chi connectivity index (χ2n) is 5.59. The maximum Gasteiger partial charge on any atom is 0.271 e. The van der Waals surface area contributed by atoms with Crippen LogP contribution in [0, 0.1) is 5.92 Å². The molecule has 2 N–H and O–H groups in total. The second kappa shape index (κ2) is 6.92. The van der Waals surface area contributed by atoms with Gasteiger partial charge in [0, 0.05) is 23.3 Å². The van der Waals surface area contributed by atoms with Crippen molar-refractivity contribution in [2.45, 2.75) is 33.7 Å². The first kappa shape index (κ1) is 16.8. The maximum absolute atomic E-state index is 12.6. The van der Waals surface area contributed by atoms with E-state index in [-0.39, 0.29) is 24.4 Å². The third-order valence-corrected chi connectivity index (χ3v) is 3.24. The summed E-state index contributed by atoms with van der Waals surface area (Å²) in [5, 5.41) is 0. The lowest BCUT2D eigenvalue weighted by Crippen LogP contribution is -2.41. The summed E-state index contributed by atoms with van der Waals surface area (Å²) >= 11 is 3.39. The Morgan fingerprint density at radius 2 is 1.95 bits per heavy atom. The molecule has 2 amide bonds. The molecule has 1 aromatic heterocycles. The van der Waals surface area contributed by atoms with Gasteiger partial charge in [-0.25, -0.2) is 0 Å². The summed E-state index contributed by atoms with van der Waals surface area (Å²) in [5.41, 5.74) is 5.80. The van der Waals surface area contributed by atoms with E-state index >= 15 is 0 Å². The summed E-state index contributed by atoms with van der Waals surface area (Å²) in [6, 6.07) is 1.94. The van der Waals surface area contributed by atoms with Crippen molar-refractivity contribution >= 4 is 27.7 Å². The van der Waals surface area contributed by atoms with Crippen molar-refractivity contribution in [3.05, 3.63) is 22.4 Å². The molecule has 1 heterocycles. The normalized spacial score (nSPS) is 11.2. The average molecular weight is 344 g/mol. The van der Waals surface area contributed by atoms with E-state index in [1.807, 2.05) is 38.5 Å². The zero-order chi connectivity index (χ0) is 15.4. The van der Waals surface area contributed by atoms with Gasteiger partial charge in [0.15, 0.2) is 0 Å². The van der Waals surface area contributed by atoms with Crippen LogP contribution in [0.4, 0.5) is 0 Å². The van der Waals surface area contributed by atoms with Crippen LogP contribution in [0.25, 0.3) is 0 Å². The lowest BCUT2D eigenvalue weighted by Gasteiger charge is -2.24. The van der Waals surface area contributed by atoms with Crippen LogP contribution in [-0.2, 0) is 4.79 Å². The Kier molecular flexibility index (Phi) is 5.80. The van der Waals surface area contributed by atoms with Crippen molar-refractivity contribution < 1.29 is 9.59 Å². The fraction of sp³-hybridized carbons (Fsp3) is 0.571. The van der Waals surface area contributed by atoms with Crippen LogP contribution >= 0.6 is 15.9 Å². The minimum absolute atomic E-state index is 0.0576. The molecule has 0 fully saturated rings. The molecule has 0 atom stereocenters. The number of hydrogen-bond donors (Lipinski definition) is 1. The molecule has 20 heavy (non-hydrogen) atoms. The Hall–Kier alpha value is -1.30. The first-order chi connectivity index (χ1) is 9.22. The summed E-state index contributed by atoms with van der Waals surface area (Å²) in [5.74, 6) is -0.401. The SMILES string of the molecule is CC(C)CN(CC(N)=O)C(=O)c1cc(Br)cn1C(C)C. The molecule has 0 aliphatic rings.